The molecule has 0 aliphatic heterocycles. The fourth-order valence-electron chi connectivity index (χ4n) is 3.31. The fourth-order valence-corrected chi connectivity index (χ4v) is 4.69. The monoisotopic (exact) mass is 435 g/mol. The first-order valence-corrected chi connectivity index (χ1v) is 11.2. The van der Waals surface area contributed by atoms with Crippen LogP contribution in [0.1, 0.15) is 11.1 Å². The second-order valence-corrected chi connectivity index (χ2v) is 9.07. The smallest absolute Gasteiger partial charge is 0.335 e. The Morgan fingerprint density at radius 3 is 2.39 bits per heavy atom. The highest BCUT2D eigenvalue weighted by Crippen LogP contribution is 2.23. The van der Waals surface area contributed by atoms with Crippen LogP contribution in [0.15, 0.2) is 89.9 Å². The molecule has 0 amide bonds. The predicted molar refractivity (Wildman–Crippen MR) is 124 cm³/mol. The SMILES string of the molecule is C=CCN(C/C(=C\c1cccc2ccccc12)C(=O)OC)S(=O)(=O)c1ccc(C)cc1. The first-order valence-electron chi connectivity index (χ1n) is 9.81. The Kier molecular flexibility index (Phi) is 7.05. The number of nitrogens with zero attached hydrogens (tertiary/aromatic N) is 1. The van der Waals surface area contributed by atoms with Crippen molar-refractivity contribution < 1.29 is 17.9 Å². The van der Waals surface area contributed by atoms with Crippen LogP contribution in [0.25, 0.3) is 16.8 Å². The lowest BCUT2D eigenvalue weighted by molar-refractivity contribution is -0.136. The van der Waals surface area contributed by atoms with Crippen LogP contribution < -0.4 is 0 Å². The van der Waals surface area contributed by atoms with Crippen LogP contribution in [0.3, 0.4) is 0 Å². The molecule has 0 saturated heterocycles. The Hall–Kier alpha value is -3.22. The fraction of sp³-hybridized carbons (Fsp3) is 0.160. The number of benzene rings is 3. The maximum absolute atomic E-state index is 13.2. The lowest BCUT2D eigenvalue weighted by Crippen LogP contribution is -2.34. The van der Waals surface area contributed by atoms with E-state index in [2.05, 4.69) is 6.58 Å². The lowest BCUT2D eigenvalue weighted by atomic mass is 10.0. The van der Waals surface area contributed by atoms with Crippen molar-refractivity contribution in [3.8, 4) is 0 Å². The van der Waals surface area contributed by atoms with E-state index >= 15 is 0 Å². The van der Waals surface area contributed by atoms with E-state index in [-0.39, 0.29) is 23.6 Å². The minimum Gasteiger partial charge on any atom is -0.466 e. The summed E-state index contributed by atoms with van der Waals surface area (Å²) >= 11 is 0. The molecule has 6 heteroatoms. The Morgan fingerprint density at radius 2 is 1.71 bits per heavy atom. The van der Waals surface area contributed by atoms with E-state index in [9.17, 15) is 13.2 Å². The summed E-state index contributed by atoms with van der Waals surface area (Å²) in [5.74, 6) is -0.582. The standard InChI is InChI=1S/C25H25NO4S/c1-4-16-26(31(28,29)23-14-12-19(2)13-15-23)18-22(25(27)30-3)17-21-10-7-9-20-8-5-6-11-24(20)21/h4-15,17H,1,16,18H2,2-3H3/b22-17+. The van der Waals surface area contributed by atoms with Gasteiger partial charge >= 0.3 is 5.97 Å². The van der Waals surface area contributed by atoms with Gasteiger partial charge in [0.15, 0.2) is 0 Å². The molecule has 31 heavy (non-hydrogen) atoms. The Morgan fingerprint density at radius 1 is 1.03 bits per heavy atom. The number of methoxy groups -OCH3 is 1. The molecule has 160 valence electrons. The molecule has 5 nitrogen and oxygen atoms in total. The maximum Gasteiger partial charge on any atom is 0.335 e. The van der Waals surface area contributed by atoms with Gasteiger partial charge < -0.3 is 4.74 Å². The van der Waals surface area contributed by atoms with Gasteiger partial charge in [-0.25, -0.2) is 13.2 Å². The Bertz CT molecular complexity index is 1220. The molecule has 0 heterocycles. The molecule has 3 aromatic rings. The van der Waals surface area contributed by atoms with Gasteiger partial charge in [0.2, 0.25) is 10.0 Å². The molecule has 0 saturated carbocycles. The molecule has 0 radical (unpaired) electrons. The van der Waals surface area contributed by atoms with E-state index in [1.54, 1.807) is 30.3 Å². The third-order valence-electron chi connectivity index (χ3n) is 4.94. The van der Waals surface area contributed by atoms with Crippen LogP contribution in [-0.4, -0.2) is 38.9 Å². The molecule has 0 fully saturated rings. The van der Waals surface area contributed by atoms with Crippen molar-refractivity contribution in [1.29, 1.82) is 0 Å². The molecule has 0 aliphatic rings. The molecule has 3 rings (SSSR count). The maximum atomic E-state index is 13.2. The average Bonchev–Trinajstić information content (AvgIpc) is 2.78. The largest absolute Gasteiger partial charge is 0.466 e. The summed E-state index contributed by atoms with van der Waals surface area (Å²) < 4.78 is 32.7. The van der Waals surface area contributed by atoms with Crippen LogP contribution in [0.4, 0.5) is 0 Å². The highest BCUT2D eigenvalue weighted by atomic mass is 32.2. The number of rotatable bonds is 8. The van der Waals surface area contributed by atoms with E-state index in [1.807, 2.05) is 49.4 Å². The number of hydrogen-bond donors (Lipinski definition) is 0. The number of esters is 1. The zero-order valence-electron chi connectivity index (χ0n) is 17.6. The van der Waals surface area contributed by atoms with Gasteiger partial charge in [-0.3, -0.25) is 0 Å². The predicted octanol–water partition coefficient (Wildman–Crippen LogP) is 4.58. The third-order valence-corrected chi connectivity index (χ3v) is 6.76. The summed E-state index contributed by atoms with van der Waals surface area (Å²) in [5.41, 5.74) is 2.00. The first-order chi connectivity index (χ1) is 14.9. The molecule has 0 N–H and O–H groups in total. The molecular formula is C25H25NO4S. The van der Waals surface area contributed by atoms with Gasteiger partial charge in [-0.05, 0) is 41.5 Å². The summed E-state index contributed by atoms with van der Waals surface area (Å²) in [6, 6.07) is 20.2. The summed E-state index contributed by atoms with van der Waals surface area (Å²) in [7, 11) is -2.55. The number of hydrogen-bond acceptors (Lipinski definition) is 4. The quantitative estimate of drug-likeness (QED) is 0.295. The lowest BCUT2D eigenvalue weighted by Gasteiger charge is -2.22. The molecular weight excluding hydrogens is 410 g/mol. The van der Waals surface area contributed by atoms with Gasteiger partial charge in [-0.2, -0.15) is 4.31 Å². The molecule has 0 aromatic heterocycles. The van der Waals surface area contributed by atoms with Crippen molar-refractivity contribution in [3.05, 3.63) is 96.1 Å². The normalized spacial score (nSPS) is 12.2. The summed E-state index contributed by atoms with van der Waals surface area (Å²) in [6.07, 6.45) is 3.19. The zero-order chi connectivity index (χ0) is 22.4. The highest BCUT2D eigenvalue weighted by Gasteiger charge is 2.26. The van der Waals surface area contributed by atoms with Gasteiger partial charge in [0.1, 0.15) is 0 Å². The molecule has 0 spiro atoms. The molecule has 0 unspecified atom stereocenters. The van der Waals surface area contributed by atoms with Crippen LogP contribution in [0.2, 0.25) is 0 Å². The van der Waals surface area contributed by atoms with Gasteiger partial charge in [-0.1, -0.05) is 66.2 Å². The minimum atomic E-state index is -3.84. The minimum absolute atomic E-state index is 0.0556. The zero-order valence-corrected chi connectivity index (χ0v) is 18.4. The number of sulfonamides is 1. The number of carbonyl (C=O) groups is 1. The van der Waals surface area contributed by atoms with Gasteiger partial charge in [0.05, 0.1) is 17.6 Å². The second kappa shape index (κ2) is 9.73. The molecule has 0 aliphatic carbocycles. The second-order valence-electron chi connectivity index (χ2n) is 7.13. The molecule has 3 aromatic carbocycles. The van der Waals surface area contributed by atoms with Crippen molar-refractivity contribution in [3.63, 3.8) is 0 Å². The van der Waals surface area contributed by atoms with Crippen LogP contribution in [0, 0.1) is 6.92 Å². The van der Waals surface area contributed by atoms with Crippen molar-refractivity contribution >= 4 is 32.8 Å². The van der Waals surface area contributed by atoms with E-state index in [4.69, 9.17) is 4.74 Å². The molecule has 0 bridgehead atoms. The molecule has 0 atom stereocenters. The van der Waals surface area contributed by atoms with Crippen molar-refractivity contribution in [2.45, 2.75) is 11.8 Å². The number of carbonyl (C=O) groups excluding carboxylic acids is 1. The summed E-state index contributed by atoms with van der Waals surface area (Å²) in [6.45, 7) is 5.48. The summed E-state index contributed by atoms with van der Waals surface area (Å²) in [4.78, 5) is 12.7. The van der Waals surface area contributed by atoms with E-state index in [0.29, 0.717) is 0 Å². The van der Waals surface area contributed by atoms with Crippen LogP contribution in [-0.2, 0) is 19.6 Å². The number of aryl methyl sites for hydroxylation is 1. The van der Waals surface area contributed by atoms with Gasteiger partial charge in [-0.15, -0.1) is 6.58 Å². The van der Waals surface area contributed by atoms with Gasteiger partial charge in [0.25, 0.3) is 0 Å². The van der Waals surface area contributed by atoms with Crippen molar-refractivity contribution in [2.24, 2.45) is 0 Å². The first kappa shape index (κ1) is 22.5. The Labute approximate surface area is 183 Å². The van der Waals surface area contributed by atoms with Gasteiger partial charge in [0, 0.05) is 13.1 Å². The topological polar surface area (TPSA) is 63.7 Å². The highest BCUT2D eigenvalue weighted by molar-refractivity contribution is 7.89. The van der Waals surface area contributed by atoms with E-state index in [0.717, 1.165) is 21.9 Å². The van der Waals surface area contributed by atoms with E-state index in [1.165, 1.54) is 17.5 Å². The average molecular weight is 436 g/mol. The van der Waals surface area contributed by atoms with Crippen LogP contribution >= 0.6 is 0 Å². The number of fused-ring (bicyclic) bond motifs is 1. The van der Waals surface area contributed by atoms with Crippen LogP contribution in [0.5, 0.6) is 0 Å². The number of ether oxygens (including phenoxy) is 1. The summed E-state index contributed by atoms with van der Waals surface area (Å²) in [5, 5.41) is 1.98. The Balaban J connectivity index is 2.05. The van der Waals surface area contributed by atoms with Crippen molar-refractivity contribution in [1.82, 2.24) is 4.31 Å². The van der Waals surface area contributed by atoms with Crippen molar-refractivity contribution in [2.75, 3.05) is 20.2 Å². The third kappa shape index (κ3) is 5.10. The van der Waals surface area contributed by atoms with E-state index < -0.39 is 16.0 Å².